The number of pyridine rings is 1. The third-order valence-electron chi connectivity index (χ3n) is 5.62. The van der Waals surface area contributed by atoms with E-state index in [0.717, 1.165) is 0 Å². The first-order chi connectivity index (χ1) is 16.0. The third kappa shape index (κ3) is 3.80. The van der Waals surface area contributed by atoms with Crippen molar-refractivity contribution >= 4 is 17.4 Å². The molecule has 8 heteroatoms. The topological polar surface area (TPSA) is 89.0 Å². The minimum atomic E-state index is -0.904. The van der Waals surface area contributed by atoms with E-state index in [1.807, 2.05) is 0 Å². The number of fused-ring (bicyclic) bond motifs is 1. The van der Waals surface area contributed by atoms with Gasteiger partial charge in [-0.05, 0) is 47.5 Å². The van der Waals surface area contributed by atoms with Crippen LogP contribution in [-0.4, -0.2) is 39.9 Å². The predicted octanol–water partition coefficient (Wildman–Crippen LogP) is 3.61. The molecule has 33 heavy (non-hydrogen) atoms. The van der Waals surface area contributed by atoms with Gasteiger partial charge in [0.2, 0.25) is 0 Å². The molecule has 5 rings (SSSR count). The van der Waals surface area contributed by atoms with Crippen molar-refractivity contribution in [3.05, 3.63) is 95.1 Å². The number of ether oxygens (including phenoxy) is 2. The molecule has 1 amide bonds. The molecule has 7 nitrogen and oxygen atoms in total. The normalized spacial score (nSPS) is 19.1. The molecule has 2 aliphatic heterocycles. The monoisotopic (exact) mass is 446 g/mol. The van der Waals surface area contributed by atoms with Gasteiger partial charge in [-0.3, -0.25) is 14.6 Å². The number of carbonyl (C=O) groups excluding carboxylic acids is 2. The largest absolute Gasteiger partial charge is 0.507 e. The van der Waals surface area contributed by atoms with Crippen molar-refractivity contribution in [2.24, 2.45) is 0 Å². The summed E-state index contributed by atoms with van der Waals surface area (Å²) >= 11 is 0. The van der Waals surface area contributed by atoms with E-state index in [1.54, 1.807) is 42.7 Å². The highest BCUT2D eigenvalue weighted by Gasteiger charge is 2.46. The first-order valence-corrected chi connectivity index (χ1v) is 10.4. The van der Waals surface area contributed by atoms with E-state index in [0.29, 0.717) is 41.4 Å². The average Bonchev–Trinajstić information content (AvgIpc) is 3.09. The zero-order chi connectivity index (χ0) is 22.9. The number of rotatable bonds is 4. The lowest BCUT2D eigenvalue weighted by Crippen LogP contribution is -2.29. The molecule has 3 heterocycles. The van der Waals surface area contributed by atoms with Crippen molar-refractivity contribution in [2.45, 2.75) is 12.6 Å². The number of hydrogen-bond donors (Lipinski definition) is 1. The Bertz CT molecular complexity index is 1260. The predicted molar refractivity (Wildman–Crippen MR) is 116 cm³/mol. The molecule has 1 saturated heterocycles. The number of likely N-dealkylation sites (tertiary alicyclic amines) is 1. The number of aliphatic hydroxyl groups excluding tert-OH is 1. The van der Waals surface area contributed by atoms with Gasteiger partial charge in [-0.15, -0.1) is 0 Å². The first-order valence-electron chi connectivity index (χ1n) is 10.4. The van der Waals surface area contributed by atoms with Crippen LogP contribution in [0.4, 0.5) is 4.39 Å². The van der Waals surface area contributed by atoms with Crippen molar-refractivity contribution in [3.63, 3.8) is 0 Å². The number of hydrogen-bond acceptors (Lipinski definition) is 6. The molecule has 1 atom stereocenters. The highest BCUT2D eigenvalue weighted by atomic mass is 19.1. The lowest BCUT2D eigenvalue weighted by molar-refractivity contribution is -0.140. The van der Waals surface area contributed by atoms with Gasteiger partial charge in [0.15, 0.2) is 11.5 Å². The van der Waals surface area contributed by atoms with Gasteiger partial charge in [0.1, 0.15) is 24.8 Å². The Balaban J connectivity index is 1.63. The lowest BCUT2D eigenvalue weighted by Gasteiger charge is -2.25. The van der Waals surface area contributed by atoms with Gasteiger partial charge in [0.05, 0.1) is 11.6 Å². The molecule has 0 bridgehead atoms. The van der Waals surface area contributed by atoms with E-state index >= 15 is 0 Å². The Morgan fingerprint density at radius 2 is 1.82 bits per heavy atom. The van der Waals surface area contributed by atoms with Gasteiger partial charge in [-0.25, -0.2) is 4.39 Å². The van der Waals surface area contributed by atoms with E-state index in [2.05, 4.69) is 4.98 Å². The van der Waals surface area contributed by atoms with Crippen LogP contribution in [0.15, 0.2) is 72.6 Å². The number of benzene rings is 2. The van der Waals surface area contributed by atoms with E-state index < -0.39 is 23.5 Å². The molecular formula is C25H19FN2O5. The number of nitrogens with zero attached hydrogens (tertiary/aromatic N) is 2. The Morgan fingerprint density at radius 3 is 2.55 bits per heavy atom. The van der Waals surface area contributed by atoms with Crippen LogP contribution in [0.25, 0.3) is 5.76 Å². The van der Waals surface area contributed by atoms with Crippen LogP contribution in [0.3, 0.4) is 0 Å². The summed E-state index contributed by atoms with van der Waals surface area (Å²) in [5.74, 6) is -1.39. The van der Waals surface area contributed by atoms with Crippen LogP contribution in [0.5, 0.6) is 11.5 Å². The van der Waals surface area contributed by atoms with Gasteiger partial charge in [-0.2, -0.15) is 0 Å². The molecule has 3 aromatic rings. The van der Waals surface area contributed by atoms with Gasteiger partial charge in [0.25, 0.3) is 11.7 Å². The molecule has 2 aromatic carbocycles. The molecule has 0 aliphatic carbocycles. The molecule has 0 radical (unpaired) electrons. The fourth-order valence-electron chi connectivity index (χ4n) is 4.07. The average molecular weight is 446 g/mol. The highest BCUT2D eigenvalue weighted by molar-refractivity contribution is 6.46. The molecule has 1 fully saturated rings. The van der Waals surface area contributed by atoms with Crippen LogP contribution in [0, 0.1) is 5.82 Å². The summed E-state index contributed by atoms with van der Waals surface area (Å²) in [7, 11) is 0. The molecular weight excluding hydrogens is 427 g/mol. The second-order valence-corrected chi connectivity index (χ2v) is 7.70. The van der Waals surface area contributed by atoms with Crippen molar-refractivity contribution in [1.29, 1.82) is 0 Å². The Kier molecular flexibility index (Phi) is 5.26. The second kappa shape index (κ2) is 8.38. The number of ketones is 1. The van der Waals surface area contributed by atoms with Crippen LogP contribution < -0.4 is 9.47 Å². The molecule has 0 unspecified atom stereocenters. The molecule has 1 aromatic heterocycles. The number of aromatic nitrogens is 1. The van der Waals surface area contributed by atoms with Gasteiger partial charge in [-0.1, -0.05) is 18.2 Å². The fourth-order valence-corrected chi connectivity index (χ4v) is 4.07. The fraction of sp³-hybridized carbons (Fsp3) is 0.160. The maximum atomic E-state index is 13.6. The minimum Gasteiger partial charge on any atom is -0.507 e. The van der Waals surface area contributed by atoms with Crippen LogP contribution in [-0.2, 0) is 16.1 Å². The molecule has 2 aliphatic rings. The standard InChI is InChI=1S/C25H19FN2O5/c26-18-6-3-16(4-7-18)22-21(23(29)17-5-8-19-20(12-17)33-11-10-32-19)24(30)25(31)28(22)14-15-2-1-9-27-13-15/h1-9,12-13,22,29H,10-11,14H2/b23-21+/t22-/m1/s1. The quantitative estimate of drug-likeness (QED) is 0.374. The lowest BCUT2D eigenvalue weighted by atomic mass is 9.95. The summed E-state index contributed by atoms with van der Waals surface area (Å²) in [6.07, 6.45) is 3.21. The van der Waals surface area contributed by atoms with Crippen LogP contribution >= 0.6 is 0 Å². The summed E-state index contributed by atoms with van der Waals surface area (Å²) in [5, 5.41) is 11.2. The van der Waals surface area contributed by atoms with Gasteiger partial charge >= 0.3 is 0 Å². The summed E-state index contributed by atoms with van der Waals surface area (Å²) in [4.78, 5) is 31.6. The Morgan fingerprint density at radius 1 is 1.06 bits per heavy atom. The van der Waals surface area contributed by atoms with Gasteiger partial charge in [0, 0.05) is 24.5 Å². The van der Waals surface area contributed by atoms with Crippen LogP contribution in [0.2, 0.25) is 0 Å². The summed E-state index contributed by atoms with van der Waals surface area (Å²) in [6.45, 7) is 0.878. The third-order valence-corrected chi connectivity index (χ3v) is 5.62. The van der Waals surface area contributed by atoms with Crippen molar-refractivity contribution < 1.29 is 28.6 Å². The van der Waals surface area contributed by atoms with E-state index in [1.165, 1.54) is 29.2 Å². The number of halogens is 1. The maximum Gasteiger partial charge on any atom is 0.295 e. The molecule has 166 valence electrons. The second-order valence-electron chi connectivity index (χ2n) is 7.70. The Hall–Kier alpha value is -4.20. The number of carbonyl (C=O) groups is 2. The number of aliphatic hydroxyl groups is 1. The molecule has 0 spiro atoms. The Labute approximate surface area is 188 Å². The summed E-state index contributed by atoms with van der Waals surface area (Å²) < 4.78 is 24.7. The van der Waals surface area contributed by atoms with E-state index in [-0.39, 0.29) is 17.9 Å². The smallest absolute Gasteiger partial charge is 0.295 e. The van der Waals surface area contributed by atoms with Crippen molar-refractivity contribution in [1.82, 2.24) is 9.88 Å². The summed E-state index contributed by atoms with van der Waals surface area (Å²) in [6, 6.07) is 12.9. The number of amides is 1. The van der Waals surface area contributed by atoms with Gasteiger partial charge < -0.3 is 19.5 Å². The maximum absolute atomic E-state index is 13.6. The zero-order valence-corrected chi connectivity index (χ0v) is 17.4. The van der Waals surface area contributed by atoms with E-state index in [4.69, 9.17) is 9.47 Å². The molecule has 1 N–H and O–H groups in total. The zero-order valence-electron chi connectivity index (χ0n) is 17.4. The van der Waals surface area contributed by atoms with Crippen LogP contribution in [0.1, 0.15) is 22.7 Å². The van der Waals surface area contributed by atoms with Crippen molar-refractivity contribution in [3.8, 4) is 11.5 Å². The van der Waals surface area contributed by atoms with E-state index in [9.17, 15) is 19.1 Å². The summed E-state index contributed by atoms with van der Waals surface area (Å²) in [5.41, 5.74) is 1.45. The molecule has 0 saturated carbocycles. The SMILES string of the molecule is O=C1C(=O)N(Cc2cccnc2)[C@H](c2ccc(F)cc2)/C1=C(\O)c1ccc2c(c1)OCCO2. The highest BCUT2D eigenvalue weighted by Crippen LogP contribution is 2.41. The first kappa shape index (κ1) is 20.7. The minimum absolute atomic E-state index is 0.0767. The number of Topliss-reactive ketones (excluding diaryl/α,β-unsaturated/α-hetero) is 1. The van der Waals surface area contributed by atoms with Crippen molar-refractivity contribution in [2.75, 3.05) is 13.2 Å².